The highest BCUT2D eigenvalue weighted by atomic mass is 15.2. The van der Waals surface area contributed by atoms with Gasteiger partial charge in [-0.2, -0.15) is 0 Å². The highest BCUT2D eigenvalue weighted by Crippen LogP contribution is 2.28. The largest absolute Gasteiger partial charge is 0.271 e. The summed E-state index contributed by atoms with van der Waals surface area (Å²) in [6.07, 6.45) is 5.26. The first-order valence-corrected chi connectivity index (χ1v) is 7.09. The van der Waals surface area contributed by atoms with E-state index in [0.717, 1.165) is 12.1 Å². The summed E-state index contributed by atoms with van der Waals surface area (Å²) < 4.78 is 0. The molecule has 19 heavy (non-hydrogen) atoms. The molecule has 0 radical (unpaired) electrons. The van der Waals surface area contributed by atoms with Crippen LogP contribution in [0.15, 0.2) is 36.5 Å². The number of nitrogens with two attached hydrogens (primary N) is 1. The molecule has 2 rings (SSSR count). The van der Waals surface area contributed by atoms with Gasteiger partial charge in [-0.05, 0) is 23.8 Å². The van der Waals surface area contributed by atoms with E-state index in [-0.39, 0.29) is 6.04 Å². The molecule has 3 N–H and O–H groups in total. The SMILES string of the molecule is CCC(CC)CC(NN)c1nccc2ccccc12. The van der Waals surface area contributed by atoms with Crippen LogP contribution in [0, 0.1) is 5.92 Å². The van der Waals surface area contributed by atoms with Crippen LogP contribution >= 0.6 is 0 Å². The maximum absolute atomic E-state index is 5.76. The molecular weight excluding hydrogens is 234 g/mol. The summed E-state index contributed by atoms with van der Waals surface area (Å²) in [5, 5.41) is 2.41. The van der Waals surface area contributed by atoms with E-state index in [1.807, 2.05) is 12.3 Å². The Hall–Kier alpha value is -1.45. The quantitative estimate of drug-likeness (QED) is 0.614. The predicted octanol–water partition coefficient (Wildman–Crippen LogP) is 3.57. The zero-order chi connectivity index (χ0) is 13.7. The number of hydrazine groups is 1. The number of nitrogens with zero attached hydrogens (tertiary/aromatic N) is 1. The molecule has 1 aromatic heterocycles. The summed E-state index contributed by atoms with van der Waals surface area (Å²) in [4.78, 5) is 4.56. The Morgan fingerprint density at radius 1 is 1.16 bits per heavy atom. The zero-order valence-corrected chi connectivity index (χ0v) is 11.8. The fourth-order valence-corrected chi connectivity index (χ4v) is 2.63. The molecule has 2 aromatic rings. The molecule has 1 atom stereocenters. The molecule has 0 bridgehead atoms. The minimum absolute atomic E-state index is 0.121. The number of hydrogen-bond donors (Lipinski definition) is 2. The van der Waals surface area contributed by atoms with Gasteiger partial charge in [0.25, 0.3) is 0 Å². The van der Waals surface area contributed by atoms with Crippen molar-refractivity contribution in [3.8, 4) is 0 Å². The van der Waals surface area contributed by atoms with Gasteiger partial charge in [0.05, 0.1) is 11.7 Å². The first-order valence-electron chi connectivity index (χ1n) is 7.09. The second-order valence-corrected chi connectivity index (χ2v) is 5.05. The summed E-state index contributed by atoms with van der Waals surface area (Å²) in [7, 11) is 0. The van der Waals surface area contributed by atoms with Crippen LogP contribution in [-0.2, 0) is 0 Å². The van der Waals surface area contributed by atoms with Crippen molar-refractivity contribution in [2.24, 2.45) is 11.8 Å². The average Bonchev–Trinajstić information content (AvgIpc) is 2.48. The second-order valence-electron chi connectivity index (χ2n) is 5.05. The molecule has 0 aliphatic carbocycles. The first-order chi connectivity index (χ1) is 9.30. The van der Waals surface area contributed by atoms with Gasteiger partial charge in [0, 0.05) is 11.6 Å². The number of fused-ring (bicyclic) bond motifs is 1. The summed E-state index contributed by atoms with van der Waals surface area (Å²) in [5.74, 6) is 6.45. The Morgan fingerprint density at radius 3 is 2.58 bits per heavy atom. The number of nitrogens with one attached hydrogen (secondary N) is 1. The lowest BCUT2D eigenvalue weighted by atomic mass is 9.92. The smallest absolute Gasteiger partial charge is 0.0664 e. The van der Waals surface area contributed by atoms with Gasteiger partial charge >= 0.3 is 0 Å². The number of hydrogen-bond acceptors (Lipinski definition) is 3. The van der Waals surface area contributed by atoms with Gasteiger partial charge in [0.2, 0.25) is 0 Å². The average molecular weight is 257 g/mol. The summed E-state index contributed by atoms with van der Waals surface area (Å²) in [6.45, 7) is 4.47. The van der Waals surface area contributed by atoms with Gasteiger partial charge in [-0.15, -0.1) is 0 Å². The van der Waals surface area contributed by atoms with E-state index in [4.69, 9.17) is 5.84 Å². The Kier molecular flexibility index (Phi) is 4.88. The van der Waals surface area contributed by atoms with E-state index in [0.29, 0.717) is 5.92 Å². The minimum Gasteiger partial charge on any atom is -0.271 e. The molecule has 0 fully saturated rings. The Balaban J connectivity index is 2.35. The molecule has 3 heteroatoms. The van der Waals surface area contributed by atoms with Crippen molar-refractivity contribution in [3.63, 3.8) is 0 Å². The lowest BCUT2D eigenvalue weighted by Gasteiger charge is -2.22. The molecule has 0 saturated carbocycles. The van der Waals surface area contributed by atoms with E-state index in [1.165, 1.54) is 23.6 Å². The maximum Gasteiger partial charge on any atom is 0.0664 e. The van der Waals surface area contributed by atoms with E-state index in [1.54, 1.807) is 0 Å². The number of rotatable bonds is 6. The van der Waals surface area contributed by atoms with Crippen molar-refractivity contribution in [1.82, 2.24) is 10.4 Å². The van der Waals surface area contributed by atoms with Crippen LogP contribution in [0.4, 0.5) is 0 Å². The van der Waals surface area contributed by atoms with Crippen LogP contribution < -0.4 is 11.3 Å². The highest BCUT2D eigenvalue weighted by molar-refractivity contribution is 5.84. The summed E-state index contributed by atoms with van der Waals surface area (Å²) in [6, 6.07) is 10.5. The number of aromatic nitrogens is 1. The molecule has 0 spiro atoms. The predicted molar refractivity (Wildman–Crippen MR) is 80.5 cm³/mol. The normalized spacial score (nSPS) is 13.1. The van der Waals surface area contributed by atoms with Gasteiger partial charge in [0.1, 0.15) is 0 Å². The minimum atomic E-state index is 0.121. The topological polar surface area (TPSA) is 50.9 Å². The molecule has 0 aliphatic heterocycles. The first kappa shape index (κ1) is 14.0. The maximum atomic E-state index is 5.76. The van der Waals surface area contributed by atoms with Crippen LogP contribution in [0.5, 0.6) is 0 Å². The van der Waals surface area contributed by atoms with Crippen molar-refractivity contribution in [3.05, 3.63) is 42.2 Å². The lowest BCUT2D eigenvalue weighted by Crippen LogP contribution is -2.30. The van der Waals surface area contributed by atoms with Crippen molar-refractivity contribution >= 4 is 10.8 Å². The standard InChI is InChI=1S/C16H23N3/c1-3-12(4-2)11-15(19-17)16-14-8-6-5-7-13(14)9-10-18-16/h5-10,12,15,19H,3-4,11,17H2,1-2H3. The van der Waals surface area contributed by atoms with Crippen LogP contribution in [0.1, 0.15) is 44.8 Å². The molecule has 0 amide bonds. The third kappa shape index (κ3) is 3.11. The van der Waals surface area contributed by atoms with E-state index in [2.05, 4.69) is 48.5 Å². The van der Waals surface area contributed by atoms with Crippen molar-refractivity contribution < 1.29 is 0 Å². The fraction of sp³-hybridized carbons (Fsp3) is 0.438. The van der Waals surface area contributed by atoms with Gasteiger partial charge in [-0.3, -0.25) is 16.3 Å². The third-order valence-corrected chi connectivity index (χ3v) is 3.96. The molecule has 102 valence electrons. The number of benzene rings is 1. The van der Waals surface area contributed by atoms with Crippen molar-refractivity contribution in [2.45, 2.75) is 39.2 Å². The number of pyridine rings is 1. The van der Waals surface area contributed by atoms with E-state index < -0.39 is 0 Å². The van der Waals surface area contributed by atoms with E-state index in [9.17, 15) is 0 Å². The molecular formula is C16H23N3. The summed E-state index contributed by atoms with van der Waals surface area (Å²) >= 11 is 0. The van der Waals surface area contributed by atoms with Gasteiger partial charge < -0.3 is 0 Å². The van der Waals surface area contributed by atoms with Crippen LogP contribution in [-0.4, -0.2) is 4.98 Å². The summed E-state index contributed by atoms with van der Waals surface area (Å²) in [5.41, 5.74) is 4.01. The fourth-order valence-electron chi connectivity index (χ4n) is 2.63. The third-order valence-electron chi connectivity index (χ3n) is 3.96. The zero-order valence-electron chi connectivity index (χ0n) is 11.8. The second kappa shape index (κ2) is 6.64. The molecule has 1 unspecified atom stereocenters. The highest BCUT2D eigenvalue weighted by Gasteiger charge is 2.18. The Morgan fingerprint density at radius 2 is 1.89 bits per heavy atom. The molecule has 1 aromatic carbocycles. The van der Waals surface area contributed by atoms with Gasteiger partial charge in [-0.25, -0.2) is 0 Å². The molecule has 0 saturated heterocycles. The lowest BCUT2D eigenvalue weighted by molar-refractivity contribution is 0.372. The molecule has 1 heterocycles. The van der Waals surface area contributed by atoms with Crippen molar-refractivity contribution in [1.29, 1.82) is 0 Å². The van der Waals surface area contributed by atoms with E-state index >= 15 is 0 Å². The van der Waals surface area contributed by atoms with Crippen LogP contribution in [0.25, 0.3) is 10.8 Å². The Labute approximate surface area is 115 Å². The van der Waals surface area contributed by atoms with Gasteiger partial charge in [0.15, 0.2) is 0 Å². The molecule has 0 aliphatic rings. The van der Waals surface area contributed by atoms with Crippen LogP contribution in [0.3, 0.4) is 0 Å². The van der Waals surface area contributed by atoms with Crippen molar-refractivity contribution in [2.75, 3.05) is 0 Å². The Bertz CT molecular complexity index is 515. The van der Waals surface area contributed by atoms with Crippen LogP contribution in [0.2, 0.25) is 0 Å². The van der Waals surface area contributed by atoms with Gasteiger partial charge in [-0.1, -0.05) is 51.0 Å². The molecule has 3 nitrogen and oxygen atoms in total. The monoisotopic (exact) mass is 257 g/mol.